The van der Waals surface area contributed by atoms with Crippen molar-refractivity contribution in [3.8, 4) is 0 Å². The first-order valence-electron chi connectivity index (χ1n) is 9.11. The number of thioether (sulfide) groups is 1. The smallest absolute Gasteiger partial charge is 0.312 e. The summed E-state index contributed by atoms with van der Waals surface area (Å²) in [6.45, 7) is 2.15. The number of ether oxygens (including phenoxy) is 1. The summed E-state index contributed by atoms with van der Waals surface area (Å²) in [7, 11) is 0. The fourth-order valence-corrected chi connectivity index (χ4v) is 3.45. The molecule has 0 fully saturated rings. The van der Waals surface area contributed by atoms with E-state index in [1.54, 1.807) is 36.0 Å². The molecule has 0 bridgehead atoms. The Balaban J connectivity index is 1.41. The molecule has 0 radical (unpaired) electrons. The van der Waals surface area contributed by atoms with Crippen molar-refractivity contribution in [3.05, 3.63) is 70.1 Å². The van der Waals surface area contributed by atoms with Crippen LogP contribution in [0.3, 0.4) is 0 Å². The Morgan fingerprint density at radius 1 is 1.10 bits per heavy atom. The standard InChI is InChI=1S/C21H21N3O4S/c1-14-6-8-15(9-7-14)29-11-10-22-19(25)13-28-20(26)12-18-16-4-2-3-5-17(16)21(27)24-23-18/h2-9H,10-13H2,1H3,(H,22,25)(H,24,27). The highest BCUT2D eigenvalue weighted by atomic mass is 32.2. The van der Waals surface area contributed by atoms with Crippen LogP contribution in [0.1, 0.15) is 11.3 Å². The van der Waals surface area contributed by atoms with Gasteiger partial charge in [-0.05, 0) is 25.1 Å². The minimum Gasteiger partial charge on any atom is -0.455 e. The van der Waals surface area contributed by atoms with E-state index in [1.807, 2.05) is 31.2 Å². The Kier molecular flexibility index (Phi) is 7.02. The highest BCUT2D eigenvalue weighted by Crippen LogP contribution is 2.17. The maximum atomic E-state index is 12.0. The number of H-pyrrole nitrogens is 1. The lowest BCUT2D eigenvalue weighted by Crippen LogP contribution is -2.30. The molecule has 0 spiro atoms. The van der Waals surface area contributed by atoms with Crippen molar-refractivity contribution in [2.24, 2.45) is 0 Å². The first-order chi connectivity index (χ1) is 14.0. The van der Waals surface area contributed by atoms with E-state index in [2.05, 4.69) is 15.5 Å². The monoisotopic (exact) mass is 411 g/mol. The normalized spacial score (nSPS) is 10.7. The molecule has 2 aromatic carbocycles. The molecule has 2 N–H and O–H groups in total. The zero-order chi connectivity index (χ0) is 20.6. The number of aromatic amines is 1. The molecule has 1 amide bonds. The van der Waals surface area contributed by atoms with E-state index in [1.165, 1.54) is 5.56 Å². The summed E-state index contributed by atoms with van der Waals surface area (Å²) in [4.78, 5) is 36.8. The number of fused-ring (bicyclic) bond motifs is 1. The van der Waals surface area contributed by atoms with Crippen LogP contribution >= 0.6 is 11.8 Å². The Hall–Kier alpha value is -3.13. The van der Waals surface area contributed by atoms with E-state index in [9.17, 15) is 14.4 Å². The molecule has 1 heterocycles. The summed E-state index contributed by atoms with van der Waals surface area (Å²) in [6.07, 6.45) is -0.131. The van der Waals surface area contributed by atoms with Crippen molar-refractivity contribution in [1.29, 1.82) is 0 Å². The SMILES string of the molecule is Cc1ccc(SCCNC(=O)COC(=O)Cc2n[nH]c(=O)c3ccccc23)cc1. The number of aryl methyl sites for hydroxylation is 1. The summed E-state index contributed by atoms with van der Waals surface area (Å²) in [5.41, 5.74) is 1.29. The first-order valence-corrected chi connectivity index (χ1v) is 10.1. The van der Waals surface area contributed by atoms with Crippen LogP contribution in [0.2, 0.25) is 0 Å². The van der Waals surface area contributed by atoms with Crippen LogP contribution in [-0.2, 0) is 20.7 Å². The number of benzene rings is 2. The first kappa shape index (κ1) is 20.6. The van der Waals surface area contributed by atoms with Crippen molar-refractivity contribution in [2.75, 3.05) is 18.9 Å². The van der Waals surface area contributed by atoms with Crippen molar-refractivity contribution < 1.29 is 14.3 Å². The molecule has 8 heteroatoms. The predicted molar refractivity (Wildman–Crippen MR) is 112 cm³/mol. The molecule has 0 saturated carbocycles. The van der Waals surface area contributed by atoms with Crippen LogP contribution in [0.15, 0.2) is 58.2 Å². The van der Waals surface area contributed by atoms with Gasteiger partial charge >= 0.3 is 5.97 Å². The molecule has 1 aromatic heterocycles. The number of nitrogens with zero attached hydrogens (tertiary/aromatic N) is 1. The number of carbonyl (C=O) groups excluding carboxylic acids is 2. The van der Waals surface area contributed by atoms with Crippen molar-refractivity contribution in [1.82, 2.24) is 15.5 Å². The van der Waals surface area contributed by atoms with Crippen molar-refractivity contribution >= 4 is 34.4 Å². The second-order valence-corrected chi connectivity index (χ2v) is 7.56. The third kappa shape index (κ3) is 5.92. The van der Waals surface area contributed by atoms with Crippen LogP contribution in [0.25, 0.3) is 10.8 Å². The molecule has 0 atom stereocenters. The molecule has 0 unspecified atom stereocenters. The van der Waals surface area contributed by atoms with Crippen molar-refractivity contribution in [3.63, 3.8) is 0 Å². The van der Waals surface area contributed by atoms with Gasteiger partial charge in [0.05, 0.1) is 17.5 Å². The van der Waals surface area contributed by atoms with Gasteiger partial charge < -0.3 is 10.1 Å². The summed E-state index contributed by atoms with van der Waals surface area (Å²) < 4.78 is 5.03. The largest absolute Gasteiger partial charge is 0.455 e. The molecule has 0 aliphatic heterocycles. The number of carbonyl (C=O) groups is 2. The van der Waals surface area contributed by atoms with Gasteiger partial charge in [0.2, 0.25) is 0 Å². The topological polar surface area (TPSA) is 101 Å². The number of hydrogen-bond acceptors (Lipinski definition) is 6. The van der Waals surface area contributed by atoms with E-state index in [0.717, 1.165) is 10.6 Å². The molecule has 0 aliphatic carbocycles. The molecule has 3 aromatic rings. The highest BCUT2D eigenvalue weighted by molar-refractivity contribution is 7.99. The fourth-order valence-electron chi connectivity index (χ4n) is 2.68. The summed E-state index contributed by atoms with van der Waals surface area (Å²) >= 11 is 1.64. The predicted octanol–water partition coefficient (Wildman–Crippen LogP) is 2.23. The van der Waals surface area contributed by atoms with Crippen molar-refractivity contribution in [2.45, 2.75) is 18.2 Å². The number of amides is 1. The third-order valence-electron chi connectivity index (χ3n) is 4.16. The Morgan fingerprint density at radius 3 is 2.59 bits per heavy atom. The average molecular weight is 411 g/mol. The second kappa shape index (κ2) is 9.88. The van der Waals surface area contributed by atoms with Gasteiger partial charge in [0.1, 0.15) is 0 Å². The minimum atomic E-state index is -0.584. The number of rotatable bonds is 8. The molecule has 7 nitrogen and oxygen atoms in total. The average Bonchev–Trinajstić information content (AvgIpc) is 2.73. The van der Waals surface area contributed by atoms with Gasteiger partial charge in [-0.3, -0.25) is 14.4 Å². The number of aromatic nitrogens is 2. The van der Waals surface area contributed by atoms with Gasteiger partial charge in [-0.1, -0.05) is 35.9 Å². The zero-order valence-electron chi connectivity index (χ0n) is 15.9. The maximum absolute atomic E-state index is 12.0. The Morgan fingerprint density at radius 2 is 1.83 bits per heavy atom. The second-order valence-electron chi connectivity index (χ2n) is 6.39. The van der Waals surface area contributed by atoms with Gasteiger partial charge in [-0.25, -0.2) is 5.10 Å². The van der Waals surface area contributed by atoms with E-state index in [0.29, 0.717) is 23.0 Å². The maximum Gasteiger partial charge on any atom is 0.312 e. The van der Waals surface area contributed by atoms with Crippen LogP contribution in [0, 0.1) is 6.92 Å². The minimum absolute atomic E-state index is 0.131. The van der Waals surface area contributed by atoms with Gasteiger partial charge in [-0.2, -0.15) is 5.10 Å². The number of hydrogen-bond donors (Lipinski definition) is 2. The molecule has 0 aliphatic rings. The molecular weight excluding hydrogens is 390 g/mol. The highest BCUT2D eigenvalue weighted by Gasteiger charge is 2.13. The fraction of sp³-hybridized carbons (Fsp3) is 0.238. The lowest BCUT2D eigenvalue weighted by molar-refractivity contribution is -0.147. The van der Waals surface area contributed by atoms with Crippen LogP contribution < -0.4 is 10.9 Å². The Bertz CT molecular complexity index is 1060. The van der Waals surface area contributed by atoms with Gasteiger partial charge in [0.25, 0.3) is 11.5 Å². The quantitative estimate of drug-likeness (QED) is 0.335. The Labute approximate surface area is 171 Å². The van der Waals surface area contributed by atoms with E-state index >= 15 is 0 Å². The van der Waals surface area contributed by atoms with E-state index < -0.39 is 5.97 Å². The van der Waals surface area contributed by atoms with Crippen LogP contribution in [0.4, 0.5) is 0 Å². The summed E-state index contributed by atoms with van der Waals surface area (Å²) in [5.74, 6) is -0.225. The molecule has 29 heavy (non-hydrogen) atoms. The van der Waals surface area contributed by atoms with Gasteiger partial charge in [0.15, 0.2) is 6.61 Å². The molecule has 150 valence electrons. The number of esters is 1. The van der Waals surface area contributed by atoms with Gasteiger partial charge in [0, 0.05) is 22.6 Å². The van der Waals surface area contributed by atoms with E-state index in [-0.39, 0.29) is 24.5 Å². The lowest BCUT2D eigenvalue weighted by atomic mass is 10.1. The summed E-state index contributed by atoms with van der Waals surface area (Å²) in [6, 6.07) is 15.0. The third-order valence-corrected chi connectivity index (χ3v) is 5.18. The molecule has 0 saturated heterocycles. The van der Waals surface area contributed by atoms with Crippen LogP contribution in [0.5, 0.6) is 0 Å². The molecular formula is C21H21N3O4S. The summed E-state index contributed by atoms with van der Waals surface area (Å²) in [5, 5.41) is 10.1. The molecule has 3 rings (SSSR count). The van der Waals surface area contributed by atoms with E-state index in [4.69, 9.17) is 4.74 Å². The van der Waals surface area contributed by atoms with Crippen LogP contribution in [-0.4, -0.2) is 41.0 Å². The lowest BCUT2D eigenvalue weighted by Gasteiger charge is -2.07. The zero-order valence-corrected chi connectivity index (χ0v) is 16.8. The van der Waals surface area contributed by atoms with Gasteiger partial charge in [-0.15, -0.1) is 11.8 Å². The number of nitrogens with one attached hydrogen (secondary N) is 2.